The van der Waals surface area contributed by atoms with Crippen molar-refractivity contribution in [3.63, 3.8) is 0 Å². The van der Waals surface area contributed by atoms with Gasteiger partial charge in [-0.2, -0.15) is 11.8 Å². The Hall–Kier alpha value is -0.390. The van der Waals surface area contributed by atoms with Gasteiger partial charge in [0.1, 0.15) is 0 Å². The van der Waals surface area contributed by atoms with Crippen LogP contribution in [0, 0.1) is 0 Å². The smallest absolute Gasteiger partial charge is 0.231 e. The fourth-order valence-electron chi connectivity index (χ4n) is 2.57. The standard InChI is InChI=1S/C14H18BrNO2S/c1-14(3-2-4-19-14)8-16-7-10-5-11(15)13-12(6-10)17-9-18-13/h5-6,16H,2-4,7-9H2,1H3. The zero-order valence-corrected chi connectivity index (χ0v) is 13.4. The summed E-state index contributed by atoms with van der Waals surface area (Å²) < 4.78 is 12.2. The maximum Gasteiger partial charge on any atom is 0.231 e. The lowest BCUT2D eigenvalue weighted by atomic mass is 10.1. The zero-order valence-electron chi connectivity index (χ0n) is 11.0. The van der Waals surface area contributed by atoms with Crippen LogP contribution in [0.2, 0.25) is 0 Å². The van der Waals surface area contributed by atoms with Gasteiger partial charge < -0.3 is 14.8 Å². The summed E-state index contributed by atoms with van der Waals surface area (Å²) in [5.41, 5.74) is 1.22. The van der Waals surface area contributed by atoms with Gasteiger partial charge in [0, 0.05) is 17.8 Å². The molecule has 2 heterocycles. The highest BCUT2D eigenvalue weighted by atomic mass is 79.9. The van der Waals surface area contributed by atoms with Gasteiger partial charge in [0.2, 0.25) is 6.79 Å². The molecule has 3 rings (SSSR count). The van der Waals surface area contributed by atoms with E-state index in [2.05, 4.69) is 52.1 Å². The summed E-state index contributed by atoms with van der Waals surface area (Å²) in [7, 11) is 0. The van der Waals surface area contributed by atoms with Crippen LogP contribution >= 0.6 is 27.7 Å². The molecule has 2 aliphatic heterocycles. The van der Waals surface area contributed by atoms with Crippen LogP contribution in [0.5, 0.6) is 11.5 Å². The molecular formula is C14H18BrNO2S. The Labute approximate surface area is 126 Å². The van der Waals surface area contributed by atoms with E-state index in [4.69, 9.17) is 9.47 Å². The molecule has 1 N–H and O–H groups in total. The highest BCUT2D eigenvalue weighted by Crippen LogP contribution is 2.40. The van der Waals surface area contributed by atoms with Gasteiger partial charge in [-0.3, -0.25) is 0 Å². The van der Waals surface area contributed by atoms with E-state index in [1.165, 1.54) is 24.2 Å². The second-order valence-corrected chi connectivity index (χ2v) is 7.85. The number of nitrogens with one attached hydrogen (secondary N) is 1. The molecule has 0 bridgehead atoms. The molecule has 1 fully saturated rings. The molecule has 3 nitrogen and oxygen atoms in total. The van der Waals surface area contributed by atoms with Crippen molar-refractivity contribution < 1.29 is 9.47 Å². The third-order valence-corrected chi connectivity index (χ3v) is 5.74. The molecule has 0 amide bonds. The Bertz CT molecular complexity index is 475. The van der Waals surface area contributed by atoms with E-state index in [1.807, 2.05) is 0 Å². The summed E-state index contributed by atoms with van der Waals surface area (Å²) in [6, 6.07) is 4.16. The van der Waals surface area contributed by atoms with Gasteiger partial charge in [0.15, 0.2) is 11.5 Å². The molecule has 1 aromatic carbocycles. The molecule has 19 heavy (non-hydrogen) atoms. The quantitative estimate of drug-likeness (QED) is 0.905. The first-order valence-electron chi connectivity index (χ1n) is 6.59. The molecule has 2 aliphatic rings. The number of hydrogen-bond acceptors (Lipinski definition) is 4. The van der Waals surface area contributed by atoms with Crippen LogP contribution in [0.1, 0.15) is 25.3 Å². The van der Waals surface area contributed by atoms with Crippen molar-refractivity contribution in [2.75, 3.05) is 19.1 Å². The van der Waals surface area contributed by atoms with Gasteiger partial charge in [-0.05, 0) is 59.1 Å². The molecular weight excluding hydrogens is 326 g/mol. The summed E-state index contributed by atoms with van der Waals surface area (Å²) in [6.45, 7) is 4.60. The number of thioether (sulfide) groups is 1. The maximum atomic E-state index is 5.44. The molecule has 1 unspecified atom stereocenters. The van der Waals surface area contributed by atoms with Crippen LogP contribution in [0.15, 0.2) is 16.6 Å². The first kappa shape index (κ1) is 13.6. The summed E-state index contributed by atoms with van der Waals surface area (Å²) in [6.07, 6.45) is 2.66. The summed E-state index contributed by atoms with van der Waals surface area (Å²) in [5.74, 6) is 2.96. The predicted octanol–water partition coefficient (Wildman–Crippen LogP) is 3.55. The molecule has 104 valence electrons. The van der Waals surface area contributed by atoms with Crippen LogP contribution in [0.4, 0.5) is 0 Å². The second-order valence-electron chi connectivity index (χ2n) is 5.32. The summed E-state index contributed by atoms with van der Waals surface area (Å²) in [4.78, 5) is 0. The minimum absolute atomic E-state index is 0.319. The number of rotatable bonds is 4. The highest BCUT2D eigenvalue weighted by molar-refractivity contribution is 9.10. The zero-order chi connectivity index (χ0) is 13.3. The third-order valence-electron chi connectivity index (χ3n) is 3.62. The second kappa shape index (κ2) is 5.54. The average Bonchev–Trinajstić information content (AvgIpc) is 2.98. The van der Waals surface area contributed by atoms with E-state index >= 15 is 0 Å². The largest absolute Gasteiger partial charge is 0.454 e. The first-order chi connectivity index (χ1) is 9.16. The van der Waals surface area contributed by atoms with Crippen molar-refractivity contribution in [3.8, 4) is 11.5 Å². The van der Waals surface area contributed by atoms with Crippen LogP contribution in [-0.4, -0.2) is 23.8 Å². The van der Waals surface area contributed by atoms with E-state index in [0.717, 1.165) is 29.1 Å². The van der Waals surface area contributed by atoms with E-state index in [0.29, 0.717) is 11.5 Å². The average molecular weight is 344 g/mol. The molecule has 0 spiro atoms. The normalized spacial score (nSPS) is 24.9. The van der Waals surface area contributed by atoms with Gasteiger partial charge >= 0.3 is 0 Å². The third kappa shape index (κ3) is 3.03. The van der Waals surface area contributed by atoms with E-state index in [-0.39, 0.29) is 0 Å². The molecule has 1 aromatic rings. The fourth-order valence-corrected chi connectivity index (χ4v) is 4.45. The number of halogens is 1. The molecule has 5 heteroatoms. The minimum Gasteiger partial charge on any atom is -0.454 e. The lowest BCUT2D eigenvalue weighted by molar-refractivity contribution is 0.173. The minimum atomic E-state index is 0.319. The first-order valence-corrected chi connectivity index (χ1v) is 8.37. The van der Waals surface area contributed by atoms with Crippen molar-refractivity contribution in [1.82, 2.24) is 5.32 Å². The molecule has 1 atom stereocenters. The van der Waals surface area contributed by atoms with Gasteiger partial charge in [0.05, 0.1) is 4.47 Å². The van der Waals surface area contributed by atoms with Gasteiger partial charge in [-0.1, -0.05) is 0 Å². The Balaban J connectivity index is 1.60. The van der Waals surface area contributed by atoms with Crippen molar-refractivity contribution >= 4 is 27.7 Å². The van der Waals surface area contributed by atoms with Crippen LogP contribution in [-0.2, 0) is 6.54 Å². The van der Waals surface area contributed by atoms with Crippen molar-refractivity contribution in [1.29, 1.82) is 0 Å². The Morgan fingerprint density at radius 2 is 2.32 bits per heavy atom. The van der Waals surface area contributed by atoms with Crippen LogP contribution < -0.4 is 14.8 Å². The summed E-state index contributed by atoms with van der Waals surface area (Å²) >= 11 is 5.62. The number of fused-ring (bicyclic) bond motifs is 1. The van der Waals surface area contributed by atoms with Crippen molar-refractivity contribution in [2.45, 2.75) is 31.1 Å². The molecule has 0 aromatic heterocycles. The molecule has 0 saturated carbocycles. The Kier molecular flexibility index (Phi) is 3.96. The van der Waals surface area contributed by atoms with Gasteiger partial charge in [-0.25, -0.2) is 0 Å². The van der Waals surface area contributed by atoms with E-state index in [9.17, 15) is 0 Å². The number of hydrogen-bond donors (Lipinski definition) is 1. The topological polar surface area (TPSA) is 30.5 Å². The number of benzene rings is 1. The van der Waals surface area contributed by atoms with E-state index < -0.39 is 0 Å². The van der Waals surface area contributed by atoms with Crippen LogP contribution in [0.25, 0.3) is 0 Å². The maximum absolute atomic E-state index is 5.44. The van der Waals surface area contributed by atoms with E-state index in [1.54, 1.807) is 0 Å². The number of ether oxygens (including phenoxy) is 2. The van der Waals surface area contributed by atoms with Gasteiger partial charge in [0.25, 0.3) is 0 Å². The van der Waals surface area contributed by atoms with Crippen molar-refractivity contribution in [3.05, 3.63) is 22.2 Å². The SMILES string of the molecule is CC1(CNCc2cc(Br)c3c(c2)OCO3)CCCS1. The van der Waals surface area contributed by atoms with Crippen LogP contribution in [0.3, 0.4) is 0 Å². The van der Waals surface area contributed by atoms with Gasteiger partial charge in [-0.15, -0.1) is 0 Å². The lowest BCUT2D eigenvalue weighted by Crippen LogP contribution is -2.32. The highest BCUT2D eigenvalue weighted by Gasteiger charge is 2.28. The molecule has 0 radical (unpaired) electrons. The summed E-state index contributed by atoms with van der Waals surface area (Å²) in [5, 5.41) is 3.56. The molecule has 0 aliphatic carbocycles. The van der Waals surface area contributed by atoms with Crippen molar-refractivity contribution in [2.24, 2.45) is 0 Å². The molecule has 1 saturated heterocycles. The Morgan fingerprint density at radius 3 is 3.11 bits per heavy atom. The monoisotopic (exact) mass is 343 g/mol. The predicted molar refractivity (Wildman–Crippen MR) is 82.1 cm³/mol. The fraction of sp³-hybridized carbons (Fsp3) is 0.571. The lowest BCUT2D eigenvalue weighted by Gasteiger charge is -2.23. The Morgan fingerprint density at radius 1 is 1.42 bits per heavy atom.